The van der Waals surface area contributed by atoms with Crippen LogP contribution in [0.5, 0.6) is 0 Å². The molecule has 0 radical (unpaired) electrons. The molecule has 86 valence electrons. The molecular weight excluding hydrogens is 198 g/mol. The van der Waals surface area contributed by atoms with Gasteiger partial charge in [0.2, 0.25) is 5.91 Å². The predicted octanol–water partition coefficient (Wildman–Crippen LogP) is 0.127. The summed E-state index contributed by atoms with van der Waals surface area (Å²) in [5.41, 5.74) is 0. The fourth-order valence-electron chi connectivity index (χ4n) is 1.58. The molecule has 1 saturated carbocycles. The molecule has 1 rings (SSSR count). The van der Waals surface area contributed by atoms with E-state index >= 15 is 0 Å². The van der Waals surface area contributed by atoms with Crippen molar-refractivity contribution in [2.75, 3.05) is 0 Å². The number of hydrogen-bond acceptors (Lipinski definition) is 3. The first kappa shape index (κ1) is 12.0. The quantitative estimate of drug-likeness (QED) is 0.608. The molecule has 0 bridgehead atoms. The van der Waals surface area contributed by atoms with Crippen molar-refractivity contribution < 1.29 is 19.8 Å². The molecule has 15 heavy (non-hydrogen) atoms. The van der Waals surface area contributed by atoms with Crippen molar-refractivity contribution in [3.05, 3.63) is 0 Å². The third-order valence-electron chi connectivity index (χ3n) is 2.76. The van der Waals surface area contributed by atoms with Gasteiger partial charge in [-0.15, -0.1) is 0 Å². The summed E-state index contributed by atoms with van der Waals surface area (Å²) in [5.74, 6) is -1.09. The largest absolute Gasteiger partial charge is 0.480 e. The number of carbonyl (C=O) groups is 2. The van der Waals surface area contributed by atoms with E-state index in [1.807, 2.05) is 0 Å². The Morgan fingerprint density at radius 3 is 2.40 bits per heavy atom. The summed E-state index contributed by atoms with van der Waals surface area (Å²) in [6.07, 6.45) is 2.53. The Balaban J connectivity index is 2.36. The minimum atomic E-state index is -1.20. The lowest BCUT2D eigenvalue weighted by Gasteiger charge is -2.25. The van der Waals surface area contributed by atoms with Crippen molar-refractivity contribution in [3.8, 4) is 0 Å². The summed E-state index contributed by atoms with van der Waals surface area (Å²) in [5, 5.41) is 20.2. The maximum Gasteiger partial charge on any atom is 0.328 e. The fourth-order valence-corrected chi connectivity index (χ4v) is 1.58. The molecule has 2 atom stereocenters. The molecular formula is C10H17NO4. The number of carboxylic acid groups (broad SMARTS) is 1. The van der Waals surface area contributed by atoms with Gasteiger partial charge in [0.1, 0.15) is 0 Å². The number of carbonyl (C=O) groups excluding carboxylic acids is 1. The second-order valence-electron chi connectivity index (χ2n) is 4.13. The van der Waals surface area contributed by atoms with Gasteiger partial charge in [-0.1, -0.05) is 6.42 Å². The smallest absolute Gasteiger partial charge is 0.328 e. The molecule has 0 heterocycles. The number of hydrogen-bond donors (Lipinski definition) is 3. The first-order valence-electron chi connectivity index (χ1n) is 5.21. The molecule has 5 heteroatoms. The number of rotatable bonds is 5. The van der Waals surface area contributed by atoms with E-state index in [0.717, 1.165) is 19.3 Å². The van der Waals surface area contributed by atoms with E-state index < -0.39 is 18.1 Å². The van der Waals surface area contributed by atoms with Gasteiger partial charge in [0.25, 0.3) is 0 Å². The van der Waals surface area contributed by atoms with E-state index in [1.165, 1.54) is 6.92 Å². The molecule has 5 nitrogen and oxygen atoms in total. The second-order valence-corrected chi connectivity index (χ2v) is 4.13. The molecule has 1 fully saturated rings. The average molecular weight is 215 g/mol. The van der Waals surface area contributed by atoms with Gasteiger partial charge in [-0.25, -0.2) is 4.79 Å². The molecule has 1 amide bonds. The van der Waals surface area contributed by atoms with E-state index in [2.05, 4.69) is 5.32 Å². The lowest BCUT2D eigenvalue weighted by Crippen LogP contribution is -2.48. The minimum Gasteiger partial charge on any atom is -0.480 e. The Morgan fingerprint density at radius 1 is 1.47 bits per heavy atom. The van der Waals surface area contributed by atoms with Crippen LogP contribution >= 0.6 is 0 Å². The summed E-state index contributed by atoms with van der Waals surface area (Å²) in [6.45, 7) is 1.35. The monoisotopic (exact) mass is 215 g/mol. The Hall–Kier alpha value is -1.10. The van der Waals surface area contributed by atoms with Crippen molar-refractivity contribution in [1.29, 1.82) is 0 Å². The molecule has 0 aromatic rings. The first-order chi connectivity index (χ1) is 7.00. The normalized spacial score (nSPS) is 20.1. The minimum absolute atomic E-state index is 0.284. The molecule has 3 N–H and O–H groups in total. The molecule has 0 aromatic heterocycles. The Labute approximate surface area is 88.5 Å². The van der Waals surface area contributed by atoms with Crippen LogP contribution < -0.4 is 5.32 Å². The van der Waals surface area contributed by atoms with Crippen LogP contribution in [-0.4, -0.2) is 34.2 Å². The Morgan fingerprint density at radius 2 is 2.07 bits per heavy atom. The number of nitrogens with one attached hydrogen (secondary N) is 1. The maximum atomic E-state index is 11.4. The lowest BCUT2D eigenvalue weighted by atomic mass is 9.83. The van der Waals surface area contributed by atoms with Gasteiger partial charge < -0.3 is 15.5 Å². The highest BCUT2D eigenvalue weighted by atomic mass is 16.4. The molecule has 0 unspecified atom stereocenters. The number of aliphatic hydroxyl groups is 1. The van der Waals surface area contributed by atoms with Crippen molar-refractivity contribution in [1.82, 2.24) is 5.32 Å². The lowest BCUT2D eigenvalue weighted by molar-refractivity contribution is -0.145. The van der Waals surface area contributed by atoms with Crippen molar-refractivity contribution in [2.24, 2.45) is 5.92 Å². The van der Waals surface area contributed by atoms with Gasteiger partial charge in [0, 0.05) is 6.42 Å². The van der Waals surface area contributed by atoms with Crippen LogP contribution in [-0.2, 0) is 9.59 Å². The van der Waals surface area contributed by atoms with Gasteiger partial charge in [0.05, 0.1) is 6.10 Å². The molecule has 0 spiro atoms. The Bertz CT molecular complexity index is 248. The molecule has 0 aromatic carbocycles. The summed E-state index contributed by atoms with van der Waals surface area (Å²) in [7, 11) is 0. The SMILES string of the molecule is C[C@@H](O)[C@H](NC(=O)CC1CCC1)C(=O)O. The van der Waals surface area contributed by atoms with E-state index in [9.17, 15) is 9.59 Å². The van der Waals surface area contributed by atoms with Gasteiger partial charge in [-0.2, -0.15) is 0 Å². The van der Waals surface area contributed by atoms with Gasteiger partial charge in [-0.05, 0) is 25.7 Å². The summed E-state index contributed by atoms with van der Waals surface area (Å²) in [4.78, 5) is 22.1. The highest BCUT2D eigenvalue weighted by Crippen LogP contribution is 2.29. The highest BCUT2D eigenvalue weighted by molar-refractivity contribution is 5.84. The number of aliphatic carboxylic acids is 1. The maximum absolute atomic E-state index is 11.4. The third kappa shape index (κ3) is 3.51. The number of amides is 1. The summed E-state index contributed by atoms with van der Waals surface area (Å²) >= 11 is 0. The van der Waals surface area contributed by atoms with Crippen molar-refractivity contribution >= 4 is 11.9 Å². The van der Waals surface area contributed by atoms with Gasteiger partial charge in [0.15, 0.2) is 6.04 Å². The number of aliphatic hydroxyl groups excluding tert-OH is 1. The Kier molecular flexibility index (Phi) is 4.08. The predicted molar refractivity (Wildman–Crippen MR) is 53.2 cm³/mol. The molecule has 1 aliphatic rings. The van der Waals surface area contributed by atoms with Crippen LogP contribution in [0.25, 0.3) is 0 Å². The van der Waals surface area contributed by atoms with Gasteiger partial charge in [-0.3, -0.25) is 4.79 Å². The zero-order valence-corrected chi connectivity index (χ0v) is 8.77. The van der Waals surface area contributed by atoms with Crippen molar-refractivity contribution in [2.45, 2.75) is 44.8 Å². The van der Waals surface area contributed by atoms with Crippen LogP contribution in [0.2, 0.25) is 0 Å². The molecule has 1 aliphatic carbocycles. The first-order valence-corrected chi connectivity index (χ1v) is 5.21. The van der Waals surface area contributed by atoms with E-state index in [1.54, 1.807) is 0 Å². The topological polar surface area (TPSA) is 86.6 Å². The van der Waals surface area contributed by atoms with Crippen LogP contribution in [0.15, 0.2) is 0 Å². The van der Waals surface area contributed by atoms with E-state index in [0.29, 0.717) is 12.3 Å². The summed E-state index contributed by atoms with van der Waals surface area (Å²) in [6, 6.07) is -1.20. The highest BCUT2D eigenvalue weighted by Gasteiger charge is 2.27. The second kappa shape index (κ2) is 5.11. The zero-order valence-electron chi connectivity index (χ0n) is 8.77. The van der Waals surface area contributed by atoms with Crippen LogP contribution in [0.4, 0.5) is 0 Å². The fraction of sp³-hybridized carbons (Fsp3) is 0.800. The zero-order chi connectivity index (χ0) is 11.4. The van der Waals surface area contributed by atoms with E-state index in [4.69, 9.17) is 10.2 Å². The van der Waals surface area contributed by atoms with E-state index in [-0.39, 0.29) is 5.91 Å². The summed E-state index contributed by atoms with van der Waals surface area (Å²) < 4.78 is 0. The number of carboxylic acids is 1. The third-order valence-corrected chi connectivity index (χ3v) is 2.76. The van der Waals surface area contributed by atoms with Crippen LogP contribution in [0, 0.1) is 5.92 Å². The average Bonchev–Trinajstić information content (AvgIpc) is 2.06. The van der Waals surface area contributed by atoms with Crippen molar-refractivity contribution in [3.63, 3.8) is 0 Å². The molecule has 0 aliphatic heterocycles. The molecule has 0 saturated heterocycles. The van der Waals surface area contributed by atoms with Crippen LogP contribution in [0.1, 0.15) is 32.6 Å². The standard InChI is InChI=1S/C10H17NO4/c1-6(12)9(10(14)15)11-8(13)5-7-3-2-4-7/h6-7,9,12H,2-5H2,1H3,(H,11,13)(H,14,15)/t6-,9+/m1/s1. The van der Waals surface area contributed by atoms with Crippen LogP contribution in [0.3, 0.4) is 0 Å². The van der Waals surface area contributed by atoms with Gasteiger partial charge >= 0.3 is 5.97 Å².